The smallest absolute Gasteiger partial charge is 0.226 e. The van der Waals surface area contributed by atoms with Crippen LogP contribution in [-0.2, 0) is 9.59 Å². The molecule has 0 saturated carbocycles. The fourth-order valence-corrected chi connectivity index (χ4v) is 2.42. The Labute approximate surface area is 131 Å². The van der Waals surface area contributed by atoms with Gasteiger partial charge in [-0.25, -0.2) is 5.43 Å². The number of hydrogen-bond acceptors (Lipinski definition) is 4. The molecule has 1 saturated heterocycles. The molecule has 1 aliphatic rings. The third kappa shape index (κ3) is 4.29. The van der Waals surface area contributed by atoms with E-state index in [0.717, 1.165) is 5.56 Å². The van der Waals surface area contributed by atoms with Gasteiger partial charge < -0.3 is 10.6 Å². The number of carbonyl (C=O) groups is 2. The number of carbonyl (C=O) groups excluding carboxylic acids is 2. The fraction of sp³-hybridized carbons (Fsp3) is 0.500. The van der Waals surface area contributed by atoms with Crippen LogP contribution in [0.3, 0.4) is 0 Å². The van der Waals surface area contributed by atoms with E-state index in [1.54, 1.807) is 0 Å². The Morgan fingerprint density at radius 1 is 1.18 bits per heavy atom. The molecule has 0 bridgehead atoms. The molecule has 0 radical (unpaired) electrons. The van der Waals surface area contributed by atoms with Crippen LogP contribution in [0.4, 0.5) is 0 Å². The Bertz CT molecular complexity index is 504. The first-order chi connectivity index (χ1) is 10.6. The van der Waals surface area contributed by atoms with Gasteiger partial charge in [-0.3, -0.25) is 15.0 Å². The largest absolute Gasteiger partial charge is 0.354 e. The molecular weight excluding hydrogens is 280 g/mol. The van der Waals surface area contributed by atoms with E-state index in [1.165, 1.54) is 0 Å². The van der Waals surface area contributed by atoms with E-state index in [2.05, 4.69) is 21.5 Å². The highest BCUT2D eigenvalue weighted by Gasteiger charge is 2.33. The Morgan fingerprint density at radius 2 is 1.86 bits per heavy atom. The van der Waals surface area contributed by atoms with Crippen molar-refractivity contribution in [1.29, 1.82) is 0 Å². The van der Waals surface area contributed by atoms with Crippen molar-refractivity contribution >= 4 is 11.8 Å². The third-order valence-corrected chi connectivity index (χ3v) is 3.73. The molecule has 2 amide bonds. The summed E-state index contributed by atoms with van der Waals surface area (Å²) in [6.07, 6.45) is 0. The quantitative estimate of drug-likeness (QED) is 0.571. The molecule has 6 heteroatoms. The van der Waals surface area contributed by atoms with Crippen molar-refractivity contribution in [3.63, 3.8) is 0 Å². The van der Waals surface area contributed by atoms with Crippen LogP contribution < -0.4 is 21.5 Å². The van der Waals surface area contributed by atoms with Gasteiger partial charge in [0.05, 0.1) is 12.0 Å². The molecule has 0 aliphatic carbocycles. The molecule has 0 aromatic heterocycles. The Morgan fingerprint density at radius 3 is 2.55 bits per heavy atom. The minimum Gasteiger partial charge on any atom is -0.354 e. The van der Waals surface area contributed by atoms with Crippen LogP contribution in [-0.4, -0.2) is 31.4 Å². The number of amides is 2. The minimum absolute atomic E-state index is 0.000566. The van der Waals surface area contributed by atoms with Gasteiger partial charge in [0.15, 0.2) is 0 Å². The van der Waals surface area contributed by atoms with E-state index in [9.17, 15) is 9.59 Å². The maximum absolute atomic E-state index is 12.3. The molecule has 2 rings (SSSR count). The standard InChI is InChI=1S/C16H24N4O2/c1-11(2)15(21)17-8-9-18-16(22)13-10-19-20-14(13)12-6-4-3-5-7-12/h3-7,11,13-14,19-20H,8-10H2,1-2H3,(H,17,21)(H,18,22). The number of hydrazine groups is 1. The molecule has 2 unspecified atom stereocenters. The summed E-state index contributed by atoms with van der Waals surface area (Å²) < 4.78 is 0. The van der Waals surface area contributed by atoms with Gasteiger partial charge in [0.1, 0.15) is 0 Å². The molecule has 1 fully saturated rings. The Balaban J connectivity index is 1.80. The topological polar surface area (TPSA) is 82.3 Å². The third-order valence-electron chi connectivity index (χ3n) is 3.73. The zero-order valence-electron chi connectivity index (χ0n) is 13.1. The predicted molar refractivity (Wildman–Crippen MR) is 84.7 cm³/mol. The zero-order chi connectivity index (χ0) is 15.9. The second-order valence-corrected chi connectivity index (χ2v) is 5.76. The van der Waals surface area contributed by atoms with Crippen molar-refractivity contribution in [1.82, 2.24) is 21.5 Å². The van der Waals surface area contributed by atoms with Gasteiger partial charge in [-0.15, -0.1) is 0 Å². The first kappa shape index (κ1) is 16.5. The monoisotopic (exact) mass is 304 g/mol. The average molecular weight is 304 g/mol. The highest BCUT2D eigenvalue weighted by atomic mass is 16.2. The van der Waals surface area contributed by atoms with Gasteiger partial charge in [-0.1, -0.05) is 44.2 Å². The maximum atomic E-state index is 12.3. The lowest BCUT2D eigenvalue weighted by Gasteiger charge is -2.18. The van der Waals surface area contributed by atoms with E-state index in [-0.39, 0.29) is 29.7 Å². The number of nitrogens with one attached hydrogen (secondary N) is 4. The average Bonchev–Trinajstić information content (AvgIpc) is 3.01. The lowest BCUT2D eigenvalue weighted by atomic mass is 9.94. The highest BCUT2D eigenvalue weighted by molar-refractivity contribution is 5.80. The molecule has 1 aromatic carbocycles. The first-order valence-electron chi connectivity index (χ1n) is 7.68. The lowest BCUT2D eigenvalue weighted by Crippen LogP contribution is -2.40. The van der Waals surface area contributed by atoms with Crippen molar-refractivity contribution in [2.75, 3.05) is 19.6 Å². The van der Waals surface area contributed by atoms with E-state index in [4.69, 9.17) is 0 Å². The molecule has 4 N–H and O–H groups in total. The van der Waals surface area contributed by atoms with E-state index >= 15 is 0 Å². The van der Waals surface area contributed by atoms with E-state index in [0.29, 0.717) is 19.6 Å². The summed E-state index contributed by atoms with van der Waals surface area (Å²) in [5, 5.41) is 5.67. The van der Waals surface area contributed by atoms with Crippen molar-refractivity contribution in [2.45, 2.75) is 19.9 Å². The molecule has 120 valence electrons. The second kappa shape index (κ2) is 7.91. The van der Waals surface area contributed by atoms with Gasteiger partial charge in [0.25, 0.3) is 0 Å². The molecule has 22 heavy (non-hydrogen) atoms. The van der Waals surface area contributed by atoms with Gasteiger partial charge in [0, 0.05) is 25.6 Å². The Kier molecular flexibility index (Phi) is 5.91. The normalized spacial score (nSPS) is 20.9. The van der Waals surface area contributed by atoms with Gasteiger partial charge in [-0.05, 0) is 5.56 Å². The summed E-state index contributed by atoms with van der Waals surface area (Å²) >= 11 is 0. The summed E-state index contributed by atoms with van der Waals surface area (Å²) in [4.78, 5) is 23.7. The van der Waals surface area contributed by atoms with E-state index < -0.39 is 0 Å². The Hall–Kier alpha value is -1.92. The van der Waals surface area contributed by atoms with Gasteiger partial charge >= 0.3 is 0 Å². The van der Waals surface area contributed by atoms with Crippen LogP contribution in [0.25, 0.3) is 0 Å². The van der Waals surface area contributed by atoms with Gasteiger partial charge in [-0.2, -0.15) is 0 Å². The first-order valence-corrected chi connectivity index (χ1v) is 7.68. The van der Waals surface area contributed by atoms with Crippen molar-refractivity contribution in [2.24, 2.45) is 11.8 Å². The zero-order valence-corrected chi connectivity index (χ0v) is 13.1. The van der Waals surface area contributed by atoms with Gasteiger partial charge in [0.2, 0.25) is 11.8 Å². The number of rotatable bonds is 6. The summed E-state index contributed by atoms with van der Waals surface area (Å²) in [5.41, 5.74) is 7.28. The molecule has 1 heterocycles. The van der Waals surface area contributed by atoms with Crippen LogP contribution in [0.1, 0.15) is 25.5 Å². The SMILES string of the molecule is CC(C)C(=O)NCCNC(=O)C1CNNC1c1ccccc1. The number of hydrogen-bond donors (Lipinski definition) is 4. The second-order valence-electron chi connectivity index (χ2n) is 5.76. The highest BCUT2D eigenvalue weighted by Crippen LogP contribution is 2.24. The van der Waals surface area contributed by atoms with Crippen LogP contribution in [0.2, 0.25) is 0 Å². The predicted octanol–water partition coefficient (Wildman–Crippen LogP) is 0.340. The van der Waals surface area contributed by atoms with Crippen molar-refractivity contribution in [3.05, 3.63) is 35.9 Å². The van der Waals surface area contributed by atoms with Crippen LogP contribution >= 0.6 is 0 Å². The molecule has 6 nitrogen and oxygen atoms in total. The summed E-state index contributed by atoms with van der Waals surface area (Å²) in [7, 11) is 0. The van der Waals surface area contributed by atoms with Crippen LogP contribution in [0.5, 0.6) is 0 Å². The van der Waals surface area contributed by atoms with Crippen LogP contribution in [0.15, 0.2) is 30.3 Å². The molecule has 1 aliphatic heterocycles. The fourth-order valence-electron chi connectivity index (χ4n) is 2.42. The number of benzene rings is 1. The minimum atomic E-state index is -0.164. The molecule has 2 atom stereocenters. The van der Waals surface area contributed by atoms with Crippen LogP contribution in [0, 0.1) is 11.8 Å². The molecular formula is C16H24N4O2. The molecule has 0 spiro atoms. The summed E-state index contributed by atoms with van der Waals surface area (Å²) in [6, 6.07) is 9.86. The lowest BCUT2D eigenvalue weighted by molar-refractivity contribution is -0.126. The van der Waals surface area contributed by atoms with E-state index in [1.807, 2.05) is 44.2 Å². The van der Waals surface area contributed by atoms with Crippen molar-refractivity contribution in [3.8, 4) is 0 Å². The molecule has 1 aromatic rings. The van der Waals surface area contributed by atoms with Crippen molar-refractivity contribution < 1.29 is 9.59 Å². The maximum Gasteiger partial charge on any atom is 0.226 e. The summed E-state index contributed by atoms with van der Waals surface area (Å²) in [5.74, 6) is -0.213. The summed E-state index contributed by atoms with van der Waals surface area (Å²) in [6.45, 7) is 5.16.